The maximum Gasteiger partial charge on any atom is 0.157 e. The van der Waals surface area contributed by atoms with E-state index in [1.807, 2.05) is 28.3 Å². The van der Waals surface area contributed by atoms with Crippen molar-refractivity contribution in [2.45, 2.75) is 33.4 Å². The van der Waals surface area contributed by atoms with Gasteiger partial charge in [-0.3, -0.25) is 4.68 Å². The lowest BCUT2D eigenvalue weighted by Gasteiger charge is -2.11. The number of ether oxygens (including phenoxy) is 1. The number of aryl methyl sites for hydroxylation is 3. The van der Waals surface area contributed by atoms with Crippen molar-refractivity contribution in [2.75, 3.05) is 19.0 Å². The summed E-state index contributed by atoms with van der Waals surface area (Å²) in [6.45, 7) is 6.32. The van der Waals surface area contributed by atoms with Crippen molar-refractivity contribution in [1.29, 1.82) is 0 Å². The van der Waals surface area contributed by atoms with Crippen LogP contribution < -0.4 is 5.32 Å². The molecule has 0 spiro atoms. The second kappa shape index (κ2) is 6.78. The molecule has 0 aliphatic heterocycles. The molecule has 7 nitrogen and oxygen atoms in total. The van der Waals surface area contributed by atoms with Gasteiger partial charge >= 0.3 is 0 Å². The minimum absolute atomic E-state index is 0.488. The van der Waals surface area contributed by atoms with Crippen molar-refractivity contribution in [3.63, 3.8) is 0 Å². The smallest absolute Gasteiger partial charge is 0.157 e. The molecule has 1 N–H and O–H groups in total. The SMILES string of the molecule is COCc1cc(NCCCn2nc(C)cc2C)n2nccc2n1. The molecule has 23 heavy (non-hydrogen) atoms. The van der Waals surface area contributed by atoms with Crippen LogP contribution in [0, 0.1) is 13.8 Å². The third kappa shape index (κ3) is 3.50. The summed E-state index contributed by atoms with van der Waals surface area (Å²) in [6.07, 6.45) is 2.73. The van der Waals surface area contributed by atoms with Gasteiger partial charge in [-0.15, -0.1) is 0 Å². The molecule has 122 valence electrons. The highest BCUT2D eigenvalue weighted by atomic mass is 16.5. The van der Waals surface area contributed by atoms with Crippen LogP contribution in [0.3, 0.4) is 0 Å². The third-order valence-corrected chi connectivity index (χ3v) is 3.66. The van der Waals surface area contributed by atoms with Gasteiger partial charge < -0.3 is 10.1 Å². The minimum Gasteiger partial charge on any atom is -0.378 e. The summed E-state index contributed by atoms with van der Waals surface area (Å²) in [4.78, 5) is 4.50. The Morgan fingerprint density at radius 3 is 2.87 bits per heavy atom. The van der Waals surface area contributed by atoms with E-state index >= 15 is 0 Å². The maximum atomic E-state index is 5.18. The van der Waals surface area contributed by atoms with Crippen LogP contribution >= 0.6 is 0 Å². The fraction of sp³-hybridized carbons (Fsp3) is 0.438. The Morgan fingerprint density at radius 2 is 2.13 bits per heavy atom. The second-order valence-corrected chi connectivity index (χ2v) is 5.60. The molecule has 3 aromatic rings. The number of nitrogens with one attached hydrogen (secondary N) is 1. The molecular weight excluding hydrogens is 292 g/mol. The van der Waals surface area contributed by atoms with Crippen LogP contribution in [0.1, 0.15) is 23.5 Å². The average Bonchev–Trinajstić information content (AvgIpc) is 3.10. The number of anilines is 1. The summed E-state index contributed by atoms with van der Waals surface area (Å²) in [6, 6.07) is 5.97. The van der Waals surface area contributed by atoms with E-state index in [1.165, 1.54) is 5.69 Å². The molecule has 7 heteroatoms. The first-order chi connectivity index (χ1) is 11.2. The number of methoxy groups -OCH3 is 1. The summed E-state index contributed by atoms with van der Waals surface area (Å²) in [5, 5.41) is 12.2. The first-order valence-corrected chi connectivity index (χ1v) is 7.75. The van der Waals surface area contributed by atoms with Gasteiger partial charge in [-0.25, -0.2) is 4.98 Å². The summed E-state index contributed by atoms with van der Waals surface area (Å²) in [5.74, 6) is 0.931. The van der Waals surface area contributed by atoms with Gasteiger partial charge in [0, 0.05) is 38.0 Å². The molecule has 0 aliphatic rings. The van der Waals surface area contributed by atoms with Gasteiger partial charge in [0.1, 0.15) is 5.82 Å². The number of nitrogens with zero attached hydrogens (tertiary/aromatic N) is 5. The van der Waals surface area contributed by atoms with E-state index in [1.54, 1.807) is 13.3 Å². The highest BCUT2D eigenvalue weighted by Gasteiger charge is 2.06. The van der Waals surface area contributed by atoms with Crippen molar-refractivity contribution in [1.82, 2.24) is 24.4 Å². The lowest BCUT2D eigenvalue weighted by Crippen LogP contribution is -2.12. The quantitative estimate of drug-likeness (QED) is 0.677. The zero-order chi connectivity index (χ0) is 16.2. The molecular formula is C16H22N6O. The van der Waals surface area contributed by atoms with Crippen LogP contribution in [0.5, 0.6) is 0 Å². The number of fused-ring (bicyclic) bond motifs is 1. The molecule has 0 aliphatic carbocycles. The van der Waals surface area contributed by atoms with Crippen molar-refractivity contribution in [3.8, 4) is 0 Å². The molecule has 3 heterocycles. The lowest BCUT2D eigenvalue weighted by molar-refractivity contribution is 0.181. The lowest BCUT2D eigenvalue weighted by atomic mass is 10.3. The van der Waals surface area contributed by atoms with Crippen molar-refractivity contribution in [3.05, 3.63) is 41.5 Å². The standard InChI is InChI=1S/C16H22N6O/c1-12-9-13(2)21(20-12)8-4-6-17-16-10-14(11-23-3)19-15-5-7-18-22(15)16/h5,7,9-10,17H,4,6,8,11H2,1-3H3. The summed E-state index contributed by atoms with van der Waals surface area (Å²) in [7, 11) is 1.67. The Bertz CT molecular complexity index is 791. The van der Waals surface area contributed by atoms with Gasteiger partial charge in [0.2, 0.25) is 0 Å². The third-order valence-electron chi connectivity index (χ3n) is 3.66. The Labute approximate surface area is 135 Å². The van der Waals surface area contributed by atoms with E-state index in [9.17, 15) is 0 Å². The van der Waals surface area contributed by atoms with Crippen molar-refractivity contribution in [2.24, 2.45) is 0 Å². The largest absolute Gasteiger partial charge is 0.378 e. The predicted octanol–water partition coefficient (Wildman–Crippen LogP) is 2.19. The highest BCUT2D eigenvalue weighted by Crippen LogP contribution is 2.13. The molecule has 3 aromatic heterocycles. The van der Waals surface area contributed by atoms with E-state index in [4.69, 9.17) is 4.74 Å². The van der Waals surface area contributed by atoms with E-state index in [-0.39, 0.29) is 0 Å². The number of hydrogen-bond donors (Lipinski definition) is 1. The second-order valence-electron chi connectivity index (χ2n) is 5.60. The maximum absolute atomic E-state index is 5.18. The van der Waals surface area contributed by atoms with Crippen LogP contribution in [0.4, 0.5) is 5.82 Å². The monoisotopic (exact) mass is 314 g/mol. The molecule has 3 rings (SSSR count). The van der Waals surface area contributed by atoms with Gasteiger partial charge in [0.15, 0.2) is 5.65 Å². The van der Waals surface area contributed by atoms with Crippen LogP contribution in [0.2, 0.25) is 0 Å². The van der Waals surface area contributed by atoms with Gasteiger partial charge in [0.05, 0.1) is 24.2 Å². The average molecular weight is 314 g/mol. The van der Waals surface area contributed by atoms with E-state index in [0.29, 0.717) is 6.61 Å². The highest BCUT2D eigenvalue weighted by molar-refractivity contribution is 5.48. The number of rotatable bonds is 7. The fourth-order valence-corrected chi connectivity index (χ4v) is 2.66. The Balaban J connectivity index is 1.64. The zero-order valence-electron chi connectivity index (χ0n) is 13.8. The van der Waals surface area contributed by atoms with Crippen LogP contribution in [-0.2, 0) is 17.9 Å². The normalized spacial score (nSPS) is 11.3. The molecule has 0 unspecified atom stereocenters. The number of hydrogen-bond acceptors (Lipinski definition) is 5. The fourth-order valence-electron chi connectivity index (χ4n) is 2.66. The molecule has 0 atom stereocenters. The van der Waals surface area contributed by atoms with E-state index in [0.717, 1.165) is 42.4 Å². The Morgan fingerprint density at radius 1 is 1.26 bits per heavy atom. The van der Waals surface area contributed by atoms with E-state index < -0.39 is 0 Å². The minimum atomic E-state index is 0.488. The number of aromatic nitrogens is 5. The molecule has 0 bridgehead atoms. The molecule has 0 fully saturated rings. The first-order valence-electron chi connectivity index (χ1n) is 7.75. The van der Waals surface area contributed by atoms with Gasteiger partial charge in [0.25, 0.3) is 0 Å². The molecule has 0 radical (unpaired) electrons. The Kier molecular flexibility index (Phi) is 4.57. The molecule has 0 saturated heterocycles. The van der Waals surface area contributed by atoms with Crippen molar-refractivity contribution < 1.29 is 4.74 Å². The molecule has 0 aromatic carbocycles. The zero-order valence-corrected chi connectivity index (χ0v) is 13.8. The summed E-state index contributed by atoms with van der Waals surface area (Å²) < 4.78 is 9.03. The first kappa shape index (κ1) is 15.5. The molecule has 0 amide bonds. The van der Waals surface area contributed by atoms with Gasteiger partial charge in [-0.1, -0.05) is 0 Å². The predicted molar refractivity (Wildman–Crippen MR) is 88.5 cm³/mol. The molecule has 0 saturated carbocycles. The van der Waals surface area contributed by atoms with Gasteiger partial charge in [-0.2, -0.15) is 14.7 Å². The van der Waals surface area contributed by atoms with Crippen LogP contribution in [0.15, 0.2) is 24.4 Å². The van der Waals surface area contributed by atoms with E-state index in [2.05, 4.69) is 33.5 Å². The van der Waals surface area contributed by atoms with Crippen LogP contribution in [0.25, 0.3) is 5.65 Å². The Hall–Kier alpha value is -2.41. The van der Waals surface area contributed by atoms with Crippen molar-refractivity contribution >= 4 is 11.5 Å². The van der Waals surface area contributed by atoms with Crippen LogP contribution in [-0.4, -0.2) is 38.0 Å². The topological polar surface area (TPSA) is 69.3 Å². The summed E-state index contributed by atoms with van der Waals surface area (Å²) in [5.41, 5.74) is 3.97. The van der Waals surface area contributed by atoms with Gasteiger partial charge in [-0.05, 0) is 26.3 Å². The summed E-state index contributed by atoms with van der Waals surface area (Å²) >= 11 is 0.